The maximum Gasteiger partial charge on any atom is 0.284 e. The molecule has 1 aromatic heterocycles. The van der Waals surface area contributed by atoms with Crippen molar-refractivity contribution in [3.05, 3.63) is 45.0 Å². The summed E-state index contributed by atoms with van der Waals surface area (Å²) in [6, 6.07) is 4.74. The van der Waals surface area contributed by atoms with Crippen LogP contribution in [0.15, 0.2) is 32.8 Å². The van der Waals surface area contributed by atoms with Crippen LogP contribution in [0.5, 0.6) is 0 Å². The normalized spacial score (nSPS) is 16.8. The fourth-order valence-corrected chi connectivity index (χ4v) is 4.54. The van der Waals surface area contributed by atoms with Gasteiger partial charge in [-0.2, -0.15) is 0 Å². The first-order chi connectivity index (χ1) is 12.0. The monoisotopic (exact) mass is 414 g/mol. The highest BCUT2D eigenvalue weighted by atomic mass is 35.5. The second-order valence-electron chi connectivity index (χ2n) is 5.85. The molecule has 2 aromatic rings. The van der Waals surface area contributed by atoms with Crippen molar-refractivity contribution in [3.63, 3.8) is 0 Å². The molecule has 0 saturated carbocycles. The lowest BCUT2D eigenvalue weighted by Gasteiger charge is -2.34. The number of nitro groups is 1. The Hall–Kier alpha value is -1.68. The largest absolute Gasteiger partial charge is 0.333 e. The summed E-state index contributed by atoms with van der Waals surface area (Å²) in [4.78, 5) is 30.3. The molecular weight excluding hydrogens is 396 g/mol. The molecule has 1 aliphatic rings. The van der Waals surface area contributed by atoms with E-state index >= 15 is 0 Å². The number of rotatable bonds is 4. The van der Waals surface area contributed by atoms with Crippen molar-refractivity contribution in [1.82, 2.24) is 15.2 Å². The maximum atomic E-state index is 12.7. The summed E-state index contributed by atoms with van der Waals surface area (Å²) in [7, 11) is 0. The van der Waals surface area contributed by atoms with Gasteiger partial charge in [-0.1, -0.05) is 11.8 Å². The highest BCUT2D eigenvalue weighted by molar-refractivity contribution is 8.01. The van der Waals surface area contributed by atoms with Crippen LogP contribution in [0.1, 0.15) is 23.0 Å². The molecule has 1 N–H and O–H groups in total. The zero-order chi connectivity index (χ0) is 18.0. The quantitative estimate of drug-likeness (QED) is 0.609. The number of hydrogen-bond acceptors (Lipinski definition) is 7. The number of hydrogen-bond donors (Lipinski definition) is 1. The molecule has 2 heterocycles. The van der Waals surface area contributed by atoms with Crippen molar-refractivity contribution in [2.45, 2.75) is 29.1 Å². The Bertz CT molecular complexity index is 815. The standard InChI is InChI=1S/C16H18N4O3S2.ClH/c1-10-9-24-16(18-10)25-14-4-3-12(7-13(14)20(22)23)15(21)19-6-5-17-8-11(19)2;/h3-4,7,9,11,17H,5-6,8H2,1-2H3;1H/t11-;/m0./s1. The van der Waals surface area contributed by atoms with E-state index in [4.69, 9.17) is 0 Å². The summed E-state index contributed by atoms with van der Waals surface area (Å²) in [5.74, 6) is -0.168. The molecule has 3 rings (SSSR count). The zero-order valence-corrected chi connectivity index (χ0v) is 16.7. The average molecular weight is 415 g/mol. The SMILES string of the molecule is Cc1csc(Sc2ccc(C(=O)N3CCNC[C@@H]3C)cc2[N+](=O)[O-])n1.Cl. The Morgan fingerprint density at radius 1 is 1.50 bits per heavy atom. The van der Waals surface area contributed by atoms with E-state index in [1.54, 1.807) is 17.0 Å². The number of carbonyl (C=O) groups excluding carboxylic acids is 1. The van der Waals surface area contributed by atoms with Crippen LogP contribution in [0, 0.1) is 17.0 Å². The van der Waals surface area contributed by atoms with Gasteiger partial charge in [0.05, 0.1) is 9.82 Å². The van der Waals surface area contributed by atoms with E-state index in [2.05, 4.69) is 10.3 Å². The summed E-state index contributed by atoms with van der Waals surface area (Å²) in [5.41, 5.74) is 1.17. The number of piperazine rings is 1. The number of aryl methyl sites for hydroxylation is 1. The van der Waals surface area contributed by atoms with Crippen LogP contribution in [-0.4, -0.2) is 46.4 Å². The fourth-order valence-electron chi connectivity index (χ4n) is 2.66. The molecule has 1 aromatic carbocycles. The Balaban J connectivity index is 0.00000243. The molecule has 0 aliphatic carbocycles. The summed E-state index contributed by atoms with van der Waals surface area (Å²) in [6.07, 6.45) is 0. The Morgan fingerprint density at radius 2 is 2.27 bits per heavy atom. The van der Waals surface area contributed by atoms with Crippen molar-refractivity contribution in [1.29, 1.82) is 0 Å². The molecule has 1 saturated heterocycles. The van der Waals surface area contributed by atoms with E-state index in [9.17, 15) is 14.9 Å². The summed E-state index contributed by atoms with van der Waals surface area (Å²) in [6.45, 7) is 5.90. The lowest BCUT2D eigenvalue weighted by atomic mass is 10.1. The first-order valence-electron chi connectivity index (χ1n) is 7.86. The topological polar surface area (TPSA) is 88.4 Å². The van der Waals surface area contributed by atoms with Gasteiger partial charge in [-0.25, -0.2) is 4.98 Å². The Kier molecular flexibility index (Phi) is 6.99. The number of aromatic nitrogens is 1. The molecule has 0 radical (unpaired) electrons. The summed E-state index contributed by atoms with van der Waals surface area (Å²) in [5, 5.41) is 16.6. The number of carbonyl (C=O) groups is 1. The second kappa shape index (κ2) is 8.81. The average Bonchev–Trinajstić information content (AvgIpc) is 3.00. The first kappa shape index (κ1) is 20.6. The zero-order valence-electron chi connectivity index (χ0n) is 14.3. The summed E-state index contributed by atoms with van der Waals surface area (Å²) >= 11 is 2.70. The highest BCUT2D eigenvalue weighted by Gasteiger charge is 2.26. The van der Waals surface area contributed by atoms with E-state index in [0.717, 1.165) is 23.1 Å². The van der Waals surface area contributed by atoms with Gasteiger partial charge < -0.3 is 10.2 Å². The lowest BCUT2D eigenvalue weighted by molar-refractivity contribution is -0.387. The van der Waals surface area contributed by atoms with Crippen molar-refractivity contribution >= 4 is 47.1 Å². The number of nitrogens with zero attached hydrogens (tertiary/aromatic N) is 3. The van der Waals surface area contributed by atoms with Crippen LogP contribution in [0.4, 0.5) is 5.69 Å². The molecule has 1 fully saturated rings. The minimum absolute atomic E-state index is 0. The van der Waals surface area contributed by atoms with Gasteiger partial charge >= 0.3 is 0 Å². The van der Waals surface area contributed by atoms with Crippen molar-refractivity contribution in [2.24, 2.45) is 0 Å². The molecular formula is C16H19ClN4O3S2. The van der Waals surface area contributed by atoms with Crippen LogP contribution in [-0.2, 0) is 0 Å². The maximum absolute atomic E-state index is 12.7. The van der Waals surface area contributed by atoms with Crippen molar-refractivity contribution in [2.75, 3.05) is 19.6 Å². The predicted molar refractivity (Wildman–Crippen MR) is 105 cm³/mol. The smallest absolute Gasteiger partial charge is 0.284 e. The van der Waals surface area contributed by atoms with Crippen molar-refractivity contribution < 1.29 is 9.72 Å². The number of thiazole rings is 1. The molecule has 0 unspecified atom stereocenters. The highest BCUT2D eigenvalue weighted by Crippen LogP contribution is 2.37. The Labute approximate surface area is 165 Å². The molecule has 0 spiro atoms. The third kappa shape index (κ3) is 4.53. The van der Waals surface area contributed by atoms with Crippen LogP contribution in [0.25, 0.3) is 0 Å². The fraction of sp³-hybridized carbons (Fsp3) is 0.375. The van der Waals surface area contributed by atoms with Gasteiger partial charge in [-0.15, -0.1) is 23.7 Å². The van der Waals surface area contributed by atoms with Gasteiger partial charge in [0.1, 0.15) is 0 Å². The van der Waals surface area contributed by atoms with Gasteiger partial charge in [-0.05, 0) is 26.0 Å². The van der Waals surface area contributed by atoms with E-state index in [0.29, 0.717) is 17.0 Å². The number of nitro benzene ring substituents is 1. The van der Waals surface area contributed by atoms with Gasteiger partial charge in [0, 0.05) is 48.4 Å². The second-order valence-corrected chi connectivity index (χ2v) is 8.00. The molecule has 26 heavy (non-hydrogen) atoms. The van der Waals surface area contributed by atoms with E-state index in [1.165, 1.54) is 29.2 Å². The van der Waals surface area contributed by atoms with Crippen LogP contribution in [0.3, 0.4) is 0 Å². The van der Waals surface area contributed by atoms with Gasteiger partial charge in [0.15, 0.2) is 4.34 Å². The van der Waals surface area contributed by atoms with Gasteiger partial charge in [-0.3, -0.25) is 14.9 Å². The molecule has 0 bridgehead atoms. The molecule has 1 atom stereocenters. The minimum atomic E-state index is -0.444. The van der Waals surface area contributed by atoms with E-state index < -0.39 is 4.92 Å². The predicted octanol–water partition coefficient (Wildman–Crippen LogP) is 3.37. The molecule has 1 amide bonds. The number of amides is 1. The molecule has 1 aliphatic heterocycles. The third-order valence-electron chi connectivity index (χ3n) is 3.96. The molecule has 7 nitrogen and oxygen atoms in total. The third-order valence-corrected chi connectivity index (χ3v) is 6.08. The van der Waals surface area contributed by atoms with E-state index in [1.807, 2.05) is 19.2 Å². The first-order valence-corrected chi connectivity index (χ1v) is 9.55. The van der Waals surface area contributed by atoms with Crippen LogP contribution in [0.2, 0.25) is 0 Å². The number of nitrogens with one attached hydrogen (secondary N) is 1. The number of halogens is 1. The lowest BCUT2D eigenvalue weighted by Crippen LogP contribution is -2.52. The number of benzene rings is 1. The molecule has 140 valence electrons. The Morgan fingerprint density at radius 3 is 2.88 bits per heavy atom. The molecule has 10 heteroatoms. The van der Waals surface area contributed by atoms with E-state index in [-0.39, 0.29) is 30.0 Å². The van der Waals surface area contributed by atoms with Crippen LogP contribution < -0.4 is 5.32 Å². The summed E-state index contributed by atoms with van der Waals surface area (Å²) < 4.78 is 0.746. The van der Waals surface area contributed by atoms with Crippen LogP contribution >= 0.6 is 35.5 Å². The van der Waals surface area contributed by atoms with Gasteiger partial charge in [0.2, 0.25) is 0 Å². The van der Waals surface area contributed by atoms with Crippen molar-refractivity contribution in [3.8, 4) is 0 Å². The van der Waals surface area contributed by atoms with Gasteiger partial charge in [0.25, 0.3) is 11.6 Å². The minimum Gasteiger partial charge on any atom is -0.333 e.